The van der Waals surface area contributed by atoms with Gasteiger partial charge in [0.2, 0.25) is 5.88 Å². The number of pyridine rings is 1. The molecule has 3 heteroatoms. The van der Waals surface area contributed by atoms with E-state index in [4.69, 9.17) is 4.74 Å². The summed E-state index contributed by atoms with van der Waals surface area (Å²) in [5, 5.41) is 0. The lowest BCUT2D eigenvalue weighted by Gasteiger charge is -2.16. The Labute approximate surface area is 142 Å². The van der Waals surface area contributed by atoms with Crippen molar-refractivity contribution in [2.45, 2.75) is 20.8 Å². The fraction of sp³-hybridized carbons (Fsp3) is 0.143. The smallest absolute Gasteiger partial charge is 0.219 e. The molecule has 24 heavy (non-hydrogen) atoms. The summed E-state index contributed by atoms with van der Waals surface area (Å²) >= 11 is 0. The van der Waals surface area contributed by atoms with Crippen molar-refractivity contribution >= 4 is 6.29 Å². The number of carbonyl (C=O) groups is 1. The second kappa shape index (κ2) is 6.67. The van der Waals surface area contributed by atoms with Crippen molar-refractivity contribution in [3.63, 3.8) is 0 Å². The first-order valence-corrected chi connectivity index (χ1v) is 7.86. The molecule has 0 radical (unpaired) electrons. The van der Waals surface area contributed by atoms with Crippen LogP contribution in [0.1, 0.15) is 27.2 Å². The SMILES string of the molecule is Cc1cccc(Oc2c(C)cc(-c3ccccc3)c(C)c2C=O)n1. The number of hydrogen-bond donors (Lipinski definition) is 0. The molecule has 1 heterocycles. The fourth-order valence-corrected chi connectivity index (χ4v) is 2.79. The maximum atomic E-state index is 11.7. The van der Waals surface area contributed by atoms with Crippen LogP contribution in [0.4, 0.5) is 0 Å². The molecule has 0 N–H and O–H groups in total. The van der Waals surface area contributed by atoms with E-state index in [1.165, 1.54) is 0 Å². The molecule has 0 amide bonds. The number of carbonyl (C=O) groups excluding carboxylic acids is 1. The number of ether oxygens (including phenoxy) is 1. The molecule has 3 nitrogen and oxygen atoms in total. The van der Waals surface area contributed by atoms with E-state index in [0.717, 1.165) is 34.2 Å². The number of rotatable bonds is 4. The van der Waals surface area contributed by atoms with Gasteiger partial charge in [-0.15, -0.1) is 0 Å². The highest BCUT2D eigenvalue weighted by Crippen LogP contribution is 2.35. The number of aldehydes is 1. The number of benzene rings is 2. The second-order valence-corrected chi connectivity index (χ2v) is 5.81. The molecule has 0 aliphatic rings. The predicted molar refractivity (Wildman–Crippen MR) is 95.8 cm³/mol. The molecule has 0 aliphatic heterocycles. The van der Waals surface area contributed by atoms with Gasteiger partial charge in [0.25, 0.3) is 0 Å². The molecule has 0 atom stereocenters. The van der Waals surface area contributed by atoms with Crippen molar-refractivity contribution < 1.29 is 9.53 Å². The molecular weight excluding hydrogens is 298 g/mol. The second-order valence-electron chi connectivity index (χ2n) is 5.81. The Morgan fingerprint density at radius 3 is 2.38 bits per heavy atom. The van der Waals surface area contributed by atoms with Crippen LogP contribution in [0.3, 0.4) is 0 Å². The minimum atomic E-state index is 0.494. The Balaban J connectivity index is 2.11. The predicted octanol–water partition coefficient (Wildman–Crippen LogP) is 5.28. The van der Waals surface area contributed by atoms with E-state index in [0.29, 0.717) is 17.2 Å². The van der Waals surface area contributed by atoms with Crippen LogP contribution in [0.5, 0.6) is 11.6 Å². The maximum Gasteiger partial charge on any atom is 0.219 e. The van der Waals surface area contributed by atoms with Gasteiger partial charge in [-0.1, -0.05) is 36.4 Å². The molecule has 0 fully saturated rings. The largest absolute Gasteiger partial charge is 0.438 e. The van der Waals surface area contributed by atoms with E-state index in [9.17, 15) is 4.79 Å². The standard InChI is InChI=1S/C21H19NO2/c1-14-12-18(17-9-5-4-6-10-17)16(3)19(13-23)21(14)24-20-11-7-8-15(2)22-20/h4-13H,1-3H3. The van der Waals surface area contributed by atoms with Crippen molar-refractivity contribution in [2.75, 3.05) is 0 Å². The van der Waals surface area contributed by atoms with Gasteiger partial charge in [0.1, 0.15) is 5.75 Å². The highest BCUT2D eigenvalue weighted by atomic mass is 16.5. The topological polar surface area (TPSA) is 39.2 Å². The number of aryl methyl sites for hydroxylation is 2. The summed E-state index contributed by atoms with van der Waals surface area (Å²) in [5.41, 5.74) is 5.38. The van der Waals surface area contributed by atoms with Gasteiger partial charge in [-0.2, -0.15) is 0 Å². The van der Waals surface area contributed by atoms with Crippen LogP contribution in [-0.4, -0.2) is 11.3 Å². The molecule has 0 unspecified atom stereocenters. The van der Waals surface area contributed by atoms with Gasteiger partial charge in [0, 0.05) is 11.8 Å². The first kappa shape index (κ1) is 15.9. The van der Waals surface area contributed by atoms with Crippen LogP contribution in [0, 0.1) is 20.8 Å². The lowest BCUT2D eigenvalue weighted by molar-refractivity contribution is 0.112. The third-order valence-corrected chi connectivity index (χ3v) is 4.04. The van der Waals surface area contributed by atoms with Crippen LogP contribution in [0.2, 0.25) is 0 Å². The van der Waals surface area contributed by atoms with Crippen LogP contribution >= 0.6 is 0 Å². The number of aromatic nitrogens is 1. The van der Waals surface area contributed by atoms with E-state index in [1.54, 1.807) is 6.07 Å². The Bertz CT molecular complexity index is 886. The first-order valence-electron chi connectivity index (χ1n) is 7.86. The molecule has 3 aromatic rings. The highest BCUT2D eigenvalue weighted by Gasteiger charge is 2.16. The van der Waals surface area contributed by atoms with Gasteiger partial charge >= 0.3 is 0 Å². The van der Waals surface area contributed by atoms with E-state index in [1.807, 2.05) is 63.2 Å². The fourth-order valence-electron chi connectivity index (χ4n) is 2.79. The molecule has 1 aromatic heterocycles. The van der Waals surface area contributed by atoms with Crippen LogP contribution in [0.15, 0.2) is 54.6 Å². The Morgan fingerprint density at radius 2 is 1.71 bits per heavy atom. The van der Waals surface area contributed by atoms with Crippen molar-refractivity contribution in [2.24, 2.45) is 0 Å². The summed E-state index contributed by atoms with van der Waals surface area (Å²) in [5.74, 6) is 1.06. The number of hydrogen-bond acceptors (Lipinski definition) is 3. The minimum absolute atomic E-state index is 0.494. The zero-order valence-corrected chi connectivity index (χ0v) is 14.0. The average Bonchev–Trinajstić information content (AvgIpc) is 2.59. The first-order chi connectivity index (χ1) is 11.6. The van der Waals surface area contributed by atoms with Crippen molar-refractivity contribution in [1.82, 2.24) is 4.98 Å². The molecule has 0 saturated heterocycles. The number of nitrogens with zero attached hydrogens (tertiary/aromatic N) is 1. The van der Waals surface area contributed by atoms with Crippen LogP contribution in [0.25, 0.3) is 11.1 Å². The molecular formula is C21H19NO2. The van der Waals surface area contributed by atoms with Gasteiger partial charge < -0.3 is 4.74 Å². The molecule has 0 spiro atoms. The third kappa shape index (κ3) is 3.06. The Kier molecular flexibility index (Phi) is 4.43. The van der Waals surface area contributed by atoms with E-state index >= 15 is 0 Å². The average molecular weight is 317 g/mol. The van der Waals surface area contributed by atoms with Gasteiger partial charge in [-0.3, -0.25) is 4.79 Å². The minimum Gasteiger partial charge on any atom is -0.438 e. The van der Waals surface area contributed by atoms with Gasteiger partial charge in [0.05, 0.1) is 5.56 Å². The van der Waals surface area contributed by atoms with Gasteiger partial charge in [0.15, 0.2) is 6.29 Å². The summed E-state index contributed by atoms with van der Waals surface area (Å²) in [6, 6.07) is 17.7. The lowest BCUT2D eigenvalue weighted by atomic mass is 9.93. The maximum absolute atomic E-state index is 11.7. The summed E-state index contributed by atoms with van der Waals surface area (Å²) in [4.78, 5) is 16.1. The third-order valence-electron chi connectivity index (χ3n) is 4.04. The Hall–Kier alpha value is -2.94. The molecule has 0 aliphatic carbocycles. The van der Waals surface area contributed by atoms with E-state index in [2.05, 4.69) is 11.1 Å². The van der Waals surface area contributed by atoms with Gasteiger partial charge in [-0.05, 0) is 55.2 Å². The normalized spacial score (nSPS) is 10.5. The van der Waals surface area contributed by atoms with Gasteiger partial charge in [-0.25, -0.2) is 4.98 Å². The van der Waals surface area contributed by atoms with E-state index in [-0.39, 0.29) is 0 Å². The molecule has 0 bridgehead atoms. The zero-order chi connectivity index (χ0) is 17.1. The summed E-state index contributed by atoms with van der Waals surface area (Å²) in [6.07, 6.45) is 0.861. The highest BCUT2D eigenvalue weighted by molar-refractivity contribution is 5.88. The molecule has 120 valence electrons. The lowest BCUT2D eigenvalue weighted by Crippen LogP contribution is -2.00. The summed E-state index contributed by atoms with van der Waals surface area (Å²) in [7, 11) is 0. The molecule has 3 rings (SSSR count). The Morgan fingerprint density at radius 1 is 0.958 bits per heavy atom. The zero-order valence-electron chi connectivity index (χ0n) is 14.0. The molecule has 2 aromatic carbocycles. The van der Waals surface area contributed by atoms with Crippen molar-refractivity contribution in [3.05, 3.63) is 77.0 Å². The summed E-state index contributed by atoms with van der Waals surface area (Å²) < 4.78 is 5.94. The molecule has 0 saturated carbocycles. The van der Waals surface area contributed by atoms with Crippen LogP contribution < -0.4 is 4.74 Å². The van der Waals surface area contributed by atoms with Crippen molar-refractivity contribution in [3.8, 4) is 22.8 Å². The van der Waals surface area contributed by atoms with E-state index < -0.39 is 0 Å². The van der Waals surface area contributed by atoms with Crippen LogP contribution in [-0.2, 0) is 0 Å². The summed E-state index contributed by atoms with van der Waals surface area (Å²) in [6.45, 7) is 5.80. The monoisotopic (exact) mass is 317 g/mol. The quantitative estimate of drug-likeness (QED) is 0.615. The van der Waals surface area contributed by atoms with Crippen molar-refractivity contribution in [1.29, 1.82) is 0 Å².